The van der Waals surface area contributed by atoms with Crippen molar-refractivity contribution in [1.82, 2.24) is 0 Å². The Morgan fingerprint density at radius 2 is 1.59 bits per heavy atom. The number of ether oxygens (including phenoxy) is 1. The molecule has 4 rings (SSSR count). The minimum absolute atomic E-state index is 0.0514. The molecular weight excluding hydrogens is 515 g/mol. The first-order chi connectivity index (χ1) is 17.3. The number of hydrogen-bond acceptors (Lipinski definition) is 5. The van der Waals surface area contributed by atoms with Crippen LogP contribution in [0.3, 0.4) is 0 Å². The van der Waals surface area contributed by atoms with Crippen molar-refractivity contribution < 1.29 is 24.5 Å². The minimum Gasteiger partial charge on any atom is -0.508 e. The van der Waals surface area contributed by atoms with Crippen molar-refractivity contribution in [2.75, 3.05) is 17.3 Å². The Morgan fingerprint density at radius 1 is 1.00 bits per heavy atom. The quantitative estimate of drug-likeness (QED) is 0.326. The fourth-order valence-electron chi connectivity index (χ4n) is 5.53. The number of halogens is 2. The van der Waals surface area contributed by atoms with Gasteiger partial charge in [-0.1, -0.05) is 42.3 Å². The molecule has 1 aliphatic heterocycles. The Bertz CT molecular complexity index is 1380. The third-order valence-electron chi connectivity index (χ3n) is 6.83. The van der Waals surface area contributed by atoms with Gasteiger partial charge in [-0.15, -0.1) is 0 Å². The fraction of sp³-hybridized carbons (Fsp3) is 0.286. The number of anilines is 2. The largest absolute Gasteiger partial charge is 0.508 e. The summed E-state index contributed by atoms with van der Waals surface area (Å²) in [6.07, 6.45) is 0.453. The smallest absolute Gasteiger partial charge is 0.255 e. The van der Waals surface area contributed by atoms with E-state index in [0.717, 1.165) is 5.56 Å². The van der Waals surface area contributed by atoms with Crippen LogP contribution in [0, 0.1) is 0 Å². The van der Waals surface area contributed by atoms with Crippen LogP contribution in [0.1, 0.15) is 55.6 Å². The number of aromatic hydroxyl groups is 2. The molecule has 0 aromatic heterocycles. The summed E-state index contributed by atoms with van der Waals surface area (Å²) in [6.45, 7) is 7.35. The van der Waals surface area contributed by atoms with Crippen molar-refractivity contribution in [2.45, 2.75) is 45.1 Å². The zero-order valence-electron chi connectivity index (χ0n) is 21.1. The maximum atomic E-state index is 13.2. The van der Waals surface area contributed by atoms with Crippen molar-refractivity contribution in [3.05, 3.63) is 75.3 Å². The van der Waals surface area contributed by atoms with Crippen molar-refractivity contribution in [3.63, 3.8) is 0 Å². The van der Waals surface area contributed by atoms with Crippen molar-refractivity contribution in [3.8, 4) is 17.2 Å². The average molecular weight is 543 g/mol. The highest BCUT2D eigenvalue weighted by Crippen LogP contribution is 2.57. The molecule has 3 aromatic carbocycles. The van der Waals surface area contributed by atoms with Gasteiger partial charge in [0.05, 0.1) is 12.8 Å². The molecule has 0 bridgehead atoms. The molecule has 194 valence electrons. The molecule has 0 spiro atoms. The summed E-state index contributed by atoms with van der Waals surface area (Å²) < 4.78 is 5.56. The number of nitrogens with one attached hydrogen (secondary N) is 1. The molecule has 3 N–H and O–H groups in total. The van der Waals surface area contributed by atoms with E-state index in [-0.39, 0.29) is 34.4 Å². The minimum atomic E-state index is -0.798. The van der Waals surface area contributed by atoms with E-state index in [0.29, 0.717) is 27.7 Å². The summed E-state index contributed by atoms with van der Waals surface area (Å²) in [5.41, 5.74) is 0.562. The maximum absolute atomic E-state index is 13.2. The molecule has 3 aromatic rings. The van der Waals surface area contributed by atoms with E-state index in [9.17, 15) is 19.8 Å². The Balaban J connectivity index is 1.97. The fourth-order valence-corrected chi connectivity index (χ4v) is 6.06. The number of benzene rings is 3. The first-order valence-corrected chi connectivity index (χ1v) is 12.4. The topological polar surface area (TPSA) is 99.1 Å². The second-order valence-corrected chi connectivity index (χ2v) is 10.9. The zero-order chi connectivity index (χ0) is 27.3. The van der Waals surface area contributed by atoms with E-state index in [2.05, 4.69) is 5.32 Å². The molecule has 0 saturated heterocycles. The molecule has 0 aliphatic carbocycles. The standard InChI is InChI=1S/C28H28Cl2N2O5/c1-15(33)32-21-13-22(37-5)24(31-26(36)16-10-18(29)12-19(30)11-16)25(35)23(21)28(4,14-27(32,2)3)17-6-8-20(34)9-7-17/h6-13,34-35H,14H2,1-5H3,(H,31,36). The predicted octanol–water partition coefficient (Wildman–Crippen LogP) is 6.51. The molecule has 2 amide bonds. The maximum Gasteiger partial charge on any atom is 0.255 e. The molecule has 37 heavy (non-hydrogen) atoms. The van der Waals surface area contributed by atoms with Gasteiger partial charge in [-0.2, -0.15) is 0 Å². The Labute approximate surface area is 225 Å². The molecule has 0 fully saturated rings. The number of nitrogens with zero attached hydrogens (tertiary/aromatic N) is 1. The number of phenols is 2. The molecule has 9 heteroatoms. The van der Waals surface area contributed by atoms with Crippen LogP contribution >= 0.6 is 23.2 Å². The van der Waals surface area contributed by atoms with Gasteiger partial charge in [0.25, 0.3) is 5.91 Å². The van der Waals surface area contributed by atoms with Crippen molar-refractivity contribution in [2.24, 2.45) is 0 Å². The third kappa shape index (κ3) is 4.69. The lowest BCUT2D eigenvalue weighted by atomic mass is 9.64. The summed E-state index contributed by atoms with van der Waals surface area (Å²) in [5.74, 6) is -0.697. The number of fused-ring (bicyclic) bond motifs is 1. The Hall–Kier alpha value is -3.42. The van der Waals surface area contributed by atoms with Crippen LogP contribution in [0.15, 0.2) is 48.5 Å². The lowest BCUT2D eigenvalue weighted by Crippen LogP contribution is -2.55. The number of carbonyl (C=O) groups is 2. The van der Waals surface area contributed by atoms with Crippen LogP contribution < -0.4 is 15.0 Å². The number of rotatable bonds is 4. The normalized spacial score (nSPS) is 18.2. The summed E-state index contributed by atoms with van der Waals surface area (Å²) in [4.78, 5) is 27.7. The van der Waals surface area contributed by atoms with Gasteiger partial charge in [0.15, 0.2) is 0 Å². The van der Waals surface area contributed by atoms with Crippen LogP contribution in [-0.4, -0.2) is 34.7 Å². The van der Waals surface area contributed by atoms with Crippen LogP contribution in [0.5, 0.6) is 17.2 Å². The number of carbonyl (C=O) groups excluding carboxylic acids is 2. The van der Waals surface area contributed by atoms with Gasteiger partial charge >= 0.3 is 0 Å². The zero-order valence-corrected chi connectivity index (χ0v) is 22.7. The van der Waals surface area contributed by atoms with E-state index < -0.39 is 16.9 Å². The van der Waals surface area contributed by atoms with Crippen LogP contribution in [-0.2, 0) is 10.2 Å². The van der Waals surface area contributed by atoms with Gasteiger partial charge < -0.3 is 25.2 Å². The summed E-state index contributed by atoms with van der Waals surface area (Å²) >= 11 is 12.2. The van der Waals surface area contributed by atoms with Crippen molar-refractivity contribution >= 4 is 46.4 Å². The van der Waals surface area contributed by atoms with E-state index in [4.69, 9.17) is 27.9 Å². The van der Waals surface area contributed by atoms with E-state index in [1.54, 1.807) is 35.2 Å². The molecule has 7 nitrogen and oxygen atoms in total. The monoisotopic (exact) mass is 542 g/mol. The van der Waals surface area contributed by atoms with Crippen LogP contribution in [0.4, 0.5) is 11.4 Å². The lowest BCUT2D eigenvalue weighted by molar-refractivity contribution is -0.117. The highest BCUT2D eigenvalue weighted by Gasteiger charge is 2.49. The summed E-state index contributed by atoms with van der Waals surface area (Å²) in [7, 11) is 1.42. The summed E-state index contributed by atoms with van der Waals surface area (Å²) in [5, 5.41) is 24.9. The molecule has 1 unspecified atom stereocenters. The molecule has 1 aliphatic rings. The lowest BCUT2D eigenvalue weighted by Gasteiger charge is -2.51. The van der Waals surface area contributed by atoms with Gasteiger partial charge in [-0.25, -0.2) is 0 Å². The number of hydrogen-bond donors (Lipinski definition) is 3. The van der Waals surface area contributed by atoms with E-state index >= 15 is 0 Å². The Morgan fingerprint density at radius 3 is 2.14 bits per heavy atom. The number of methoxy groups -OCH3 is 1. The first kappa shape index (κ1) is 26.6. The highest BCUT2D eigenvalue weighted by atomic mass is 35.5. The van der Waals surface area contributed by atoms with E-state index in [1.165, 1.54) is 32.2 Å². The van der Waals surface area contributed by atoms with Gasteiger partial charge in [0.1, 0.15) is 22.9 Å². The number of amides is 2. The second kappa shape index (κ2) is 9.47. The third-order valence-corrected chi connectivity index (χ3v) is 7.27. The predicted molar refractivity (Wildman–Crippen MR) is 145 cm³/mol. The number of phenolic OH excluding ortho intramolecular Hbond substituents is 2. The molecular formula is C28H28Cl2N2O5. The van der Waals surface area contributed by atoms with E-state index in [1.807, 2.05) is 20.8 Å². The molecule has 0 radical (unpaired) electrons. The van der Waals surface area contributed by atoms with Gasteiger partial charge in [-0.3, -0.25) is 9.59 Å². The summed E-state index contributed by atoms with van der Waals surface area (Å²) in [6, 6.07) is 12.8. The van der Waals surface area contributed by atoms with Crippen molar-refractivity contribution in [1.29, 1.82) is 0 Å². The van der Waals surface area contributed by atoms with Crippen LogP contribution in [0.25, 0.3) is 0 Å². The highest BCUT2D eigenvalue weighted by molar-refractivity contribution is 6.35. The average Bonchev–Trinajstić information content (AvgIpc) is 2.78. The van der Waals surface area contributed by atoms with Gasteiger partial charge in [0, 0.05) is 45.1 Å². The van der Waals surface area contributed by atoms with Gasteiger partial charge in [-0.05, 0) is 56.2 Å². The second-order valence-electron chi connectivity index (χ2n) is 10.0. The Kier molecular flexibility index (Phi) is 6.82. The molecule has 1 atom stereocenters. The van der Waals surface area contributed by atoms with Crippen LogP contribution in [0.2, 0.25) is 10.0 Å². The molecule has 1 heterocycles. The molecule has 0 saturated carbocycles. The SMILES string of the molecule is COc1cc2c(c(O)c1NC(=O)c1cc(Cl)cc(Cl)c1)C(C)(c1ccc(O)cc1)CC(C)(C)N2C(C)=O. The van der Waals surface area contributed by atoms with Gasteiger partial charge in [0.2, 0.25) is 5.91 Å². The first-order valence-electron chi connectivity index (χ1n) is 11.6.